The first-order valence-corrected chi connectivity index (χ1v) is 4.02. The monoisotopic (exact) mass is 159 g/mol. The second-order valence-electron chi connectivity index (χ2n) is 3.93. The van der Waals surface area contributed by atoms with Crippen molar-refractivity contribution >= 4 is 0 Å². The van der Waals surface area contributed by atoms with E-state index in [1.165, 1.54) is 0 Å². The maximum absolute atomic E-state index is 5.81. The Morgan fingerprint density at radius 2 is 1.73 bits per heavy atom. The third-order valence-corrected chi connectivity index (χ3v) is 1.67. The minimum Gasteiger partial charge on any atom is -0.350 e. The molecule has 0 spiro atoms. The third-order valence-electron chi connectivity index (χ3n) is 1.67. The van der Waals surface area contributed by atoms with E-state index in [2.05, 4.69) is 6.92 Å². The molecule has 0 bridgehead atoms. The molecule has 0 radical (unpaired) electrons. The molecule has 0 atom stereocenters. The van der Waals surface area contributed by atoms with Crippen molar-refractivity contribution in [2.45, 2.75) is 32.6 Å². The van der Waals surface area contributed by atoms with Crippen LogP contribution >= 0.6 is 0 Å². The summed E-state index contributed by atoms with van der Waals surface area (Å²) in [5.74, 6) is 0.494. The van der Waals surface area contributed by atoms with E-state index in [-0.39, 0.29) is 11.8 Å². The van der Waals surface area contributed by atoms with Gasteiger partial charge in [0.05, 0.1) is 18.8 Å². The zero-order valence-electron chi connectivity index (χ0n) is 7.46. The van der Waals surface area contributed by atoms with Crippen LogP contribution in [0.4, 0.5) is 0 Å². The van der Waals surface area contributed by atoms with E-state index < -0.39 is 0 Å². The predicted molar refractivity (Wildman–Crippen MR) is 43.1 cm³/mol. The fourth-order valence-electron chi connectivity index (χ4n) is 1.03. The van der Waals surface area contributed by atoms with Crippen molar-refractivity contribution in [1.29, 1.82) is 0 Å². The third kappa shape index (κ3) is 2.43. The maximum atomic E-state index is 5.81. The second kappa shape index (κ2) is 3.09. The molecule has 2 N–H and O–H groups in total. The van der Waals surface area contributed by atoms with Crippen LogP contribution in [-0.2, 0) is 9.47 Å². The highest BCUT2D eigenvalue weighted by Crippen LogP contribution is 2.18. The Hall–Kier alpha value is -0.120. The molecule has 0 aliphatic carbocycles. The van der Waals surface area contributed by atoms with Crippen LogP contribution in [0, 0.1) is 5.92 Å². The van der Waals surface area contributed by atoms with Crippen LogP contribution in [0.3, 0.4) is 0 Å². The molecule has 0 amide bonds. The highest BCUT2D eigenvalue weighted by atomic mass is 16.7. The Balaban J connectivity index is 2.39. The van der Waals surface area contributed by atoms with Crippen LogP contribution in [-0.4, -0.2) is 25.0 Å². The van der Waals surface area contributed by atoms with Crippen LogP contribution in [0.1, 0.15) is 20.8 Å². The van der Waals surface area contributed by atoms with Gasteiger partial charge in [0.25, 0.3) is 0 Å². The average molecular weight is 159 g/mol. The maximum Gasteiger partial charge on any atom is 0.174 e. The van der Waals surface area contributed by atoms with Crippen molar-refractivity contribution in [3.63, 3.8) is 0 Å². The molecule has 0 saturated carbocycles. The van der Waals surface area contributed by atoms with Gasteiger partial charge in [0, 0.05) is 5.92 Å². The summed E-state index contributed by atoms with van der Waals surface area (Å²) in [6.07, 6.45) is -0.237. The lowest BCUT2D eigenvalue weighted by Crippen LogP contribution is -2.51. The topological polar surface area (TPSA) is 44.5 Å². The lowest BCUT2D eigenvalue weighted by atomic mass is 10.1. The molecule has 1 aliphatic rings. The lowest BCUT2D eigenvalue weighted by molar-refractivity contribution is -0.222. The Bertz CT molecular complexity index is 123. The highest BCUT2D eigenvalue weighted by molar-refractivity contribution is 4.78. The predicted octanol–water partition coefficient (Wildman–Crippen LogP) is 0.733. The molecular weight excluding hydrogens is 142 g/mol. The molecule has 1 saturated heterocycles. The Morgan fingerprint density at radius 1 is 1.27 bits per heavy atom. The van der Waals surface area contributed by atoms with Crippen LogP contribution < -0.4 is 5.73 Å². The minimum atomic E-state index is -0.389. The molecule has 0 aromatic carbocycles. The first-order chi connectivity index (χ1) is 5.00. The van der Waals surface area contributed by atoms with Gasteiger partial charge >= 0.3 is 0 Å². The normalized spacial score (nSPS) is 33.8. The number of nitrogens with two attached hydrogens (primary N) is 1. The summed E-state index contributed by atoms with van der Waals surface area (Å²) >= 11 is 0. The van der Waals surface area contributed by atoms with Gasteiger partial charge < -0.3 is 15.2 Å². The van der Waals surface area contributed by atoms with E-state index >= 15 is 0 Å². The number of hydrogen-bond acceptors (Lipinski definition) is 3. The fourth-order valence-corrected chi connectivity index (χ4v) is 1.03. The highest BCUT2D eigenvalue weighted by Gasteiger charge is 2.30. The first-order valence-electron chi connectivity index (χ1n) is 4.02. The smallest absolute Gasteiger partial charge is 0.174 e. The van der Waals surface area contributed by atoms with Crippen LogP contribution in [0.5, 0.6) is 0 Å². The quantitative estimate of drug-likeness (QED) is 0.613. The molecule has 0 aromatic rings. The van der Waals surface area contributed by atoms with Crippen molar-refractivity contribution in [3.05, 3.63) is 0 Å². The van der Waals surface area contributed by atoms with E-state index in [9.17, 15) is 0 Å². The Kier molecular flexibility index (Phi) is 2.52. The summed E-state index contributed by atoms with van der Waals surface area (Å²) in [5, 5.41) is 0. The molecule has 1 aliphatic heterocycles. The number of ether oxygens (including phenoxy) is 2. The van der Waals surface area contributed by atoms with E-state index in [0.29, 0.717) is 5.92 Å². The Morgan fingerprint density at radius 3 is 2.09 bits per heavy atom. The first kappa shape index (κ1) is 8.97. The molecular formula is C8H17NO2. The van der Waals surface area contributed by atoms with Gasteiger partial charge in [-0.25, -0.2) is 0 Å². The summed E-state index contributed by atoms with van der Waals surface area (Å²) in [7, 11) is 0. The van der Waals surface area contributed by atoms with Crippen molar-refractivity contribution in [1.82, 2.24) is 0 Å². The summed E-state index contributed by atoms with van der Waals surface area (Å²) in [4.78, 5) is 0. The number of rotatable bonds is 1. The van der Waals surface area contributed by atoms with Crippen LogP contribution in [0.25, 0.3) is 0 Å². The zero-order chi connectivity index (χ0) is 8.48. The van der Waals surface area contributed by atoms with E-state index in [0.717, 1.165) is 13.2 Å². The fraction of sp³-hybridized carbons (Fsp3) is 1.00. The van der Waals surface area contributed by atoms with E-state index in [1.807, 2.05) is 13.8 Å². The second-order valence-corrected chi connectivity index (χ2v) is 3.93. The van der Waals surface area contributed by atoms with E-state index in [1.54, 1.807) is 0 Å². The van der Waals surface area contributed by atoms with Gasteiger partial charge in [0.1, 0.15) is 0 Å². The van der Waals surface area contributed by atoms with Gasteiger partial charge in [-0.15, -0.1) is 0 Å². The number of hydrogen-bond donors (Lipinski definition) is 1. The SMILES string of the molecule is CC1COC(C(C)(C)N)OC1. The molecule has 3 heteroatoms. The molecule has 0 unspecified atom stereocenters. The van der Waals surface area contributed by atoms with E-state index in [4.69, 9.17) is 15.2 Å². The lowest BCUT2D eigenvalue weighted by Gasteiger charge is -2.35. The van der Waals surface area contributed by atoms with Crippen LogP contribution in [0.2, 0.25) is 0 Å². The van der Waals surface area contributed by atoms with Crippen molar-refractivity contribution in [2.75, 3.05) is 13.2 Å². The van der Waals surface area contributed by atoms with Crippen molar-refractivity contribution < 1.29 is 9.47 Å². The van der Waals surface area contributed by atoms with Gasteiger partial charge in [-0.2, -0.15) is 0 Å². The van der Waals surface area contributed by atoms with Gasteiger partial charge in [-0.05, 0) is 13.8 Å². The molecule has 1 fully saturated rings. The standard InChI is InChI=1S/C8H17NO2/c1-6-4-10-7(11-5-6)8(2,3)9/h6-7H,4-5,9H2,1-3H3. The molecule has 3 nitrogen and oxygen atoms in total. The van der Waals surface area contributed by atoms with Gasteiger partial charge in [0.15, 0.2) is 6.29 Å². The van der Waals surface area contributed by atoms with Crippen molar-refractivity contribution in [2.24, 2.45) is 11.7 Å². The van der Waals surface area contributed by atoms with Gasteiger partial charge in [-0.1, -0.05) is 6.92 Å². The van der Waals surface area contributed by atoms with Gasteiger partial charge in [-0.3, -0.25) is 0 Å². The molecule has 66 valence electrons. The minimum absolute atomic E-state index is 0.237. The summed E-state index contributed by atoms with van der Waals surface area (Å²) in [6.45, 7) is 7.43. The largest absolute Gasteiger partial charge is 0.350 e. The molecule has 1 heterocycles. The summed E-state index contributed by atoms with van der Waals surface area (Å²) < 4.78 is 10.8. The molecule has 0 aromatic heterocycles. The molecule has 1 rings (SSSR count). The Labute approximate surface area is 67.9 Å². The average Bonchev–Trinajstić information content (AvgIpc) is 1.86. The van der Waals surface area contributed by atoms with Crippen LogP contribution in [0.15, 0.2) is 0 Å². The van der Waals surface area contributed by atoms with Crippen molar-refractivity contribution in [3.8, 4) is 0 Å². The van der Waals surface area contributed by atoms with Gasteiger partial charge in [0.2, 0.25) is 0 Å². The summed E-state index contributed by atoms with van der Waals surface area (Å²) in [6, 6.07) is 0. The summed E-state index contributed by atoms with van der Waals surface area (Å²) in [5.41, 5.74) is 5.42. The zero-order valence-corrected chi connectivity index (χ0v) is 7.46. The molecule has 11 heavy (non-hydrogen) atoms.